The van der Waals surface area contributed by atoms with Gasteiger partial charge in [0.05, 0.1) is 6.42 Å². The molecule has 4 atom stereocenters. The topological polar surface area (TPSA) is 81.7 Å². The SMILES string of the molecule is O=C(O)CC1CC(=O)N2C(N1)NC1CCCCC12. The van der Waals surface area contributed by atoms with Crippen LogP contribution in [0.3, 0.4) is 0 Å². The Kier molecular flexibility index (Phi) is 2.99. The highest BCUT2D eigenvalue weighted by atomic mass is 16.4. The molecule has 1 aliphatic carbocycles. The van der Waals surface area contributed by atoms with Crippen molar-refractivity contribution in [3.8, 4) is 0 Å². The number of hydrogen-bond donors (Lipinski definition) is 3. The molecule has 0 aromatic carbocycles. The van der Waals surface area contributed by atoms with Crippen molar-refractivity contribution in [3.63, 3.8) is 0 Å². The van der Waals surface area contributed by atoms with E-state index in [-0.39, 0.29) is 24.7 Å². The van der Waals surface area contributed by atoms with Crippen LogP contribution >= 0.6 is 0 Å². The second kappa shape index (κ2) is 4.51. The molecule has 2 heterocycles. The molecular weight excluding hydrogens is 234 g/mol. The lowest BCUT2D eigenvalue weighted by atomic mass is 9.90. The minimum absolute atomic E-state index is 0.00704. The number of carboxylic acids is 1. The van der Waals surface area contributed by atoms with Gasteiger partial charge in [-0.1, -0.05) is 12.8 Å². The van der Waals surface area contributed by atoms with Crippen LogP contribution in [0, 0.1) is 0 Å². The van der Waals surface area contributed by atoms with Crippen molar-refractivity contribution in [1.29, 1.82) is 0 Å². The third-order valence-corrected chi connectivity index (χ3v) is 4.26. The summed E-state index contributed by atoms with van der Waals surface area (Å²) in [5, 5.41) is 15.5. The predicted octanol–water partition coefficient (Wildman–Crippen LogP) is -0.150. The quantitative estimate of drug-likeness (QED) is 0.637. The van der Waals surface area contributed by atoms with Crippen LogP contribution in [0.1, 0.15) is 38.5 Å². The molecule has 1 amide bonds. The third kappa shape index (κ3) is 1.99. The van der Waals surface area contributed by atoms with E-state index >= 15 is 0 Å². The van der Waals surface area contributed by atoms with E-state index < -0.39 is 5.97 Å². The fourth-order valence-electron chi connectivity index (χ4n) is 3.51. The lowest BCUT2D eigenvalue weighted by Crippen LogP contribution is -2.60. The number of aliphatic carboxylic acids is 1. The van der Waals surface area contributed by atoms with E-state index in [1.54, 1.807) is 0 Å². The number of amides is 1. The molecule has 3 aliphatic rings. The Morgan fingerprint density at radius 2 is 2.11 bits per heavy atom. The standard InChI is InChI=1S/C12H19N3O3/c16-10-5-7(6-11(17)18)13-12-14-8-3-1-2-4-9(8)15(10)12/h7-9,12-14H,1-6H2,(H,17,18). The summed E-state index contributed by atoms with van der Waals surface area (Å²) in [6, 6.07) is 0.433. The van der Waals surface area contributed by atoms with Crippen molar-refractivity contribution in [2.24, 2.45) is 0 Å². The minimum Gasteiger partial charge on any atom is -0.481 e. The summed E-state index contributed by atoms with van der Waals surface area (Å²) in [5.74, 6) is -0.768. The van der Waals surface area contributed by atoms with Crippen molar-refractivity contribution in [1.82, 2.24) is 15.5 Å². The molecule has 18 heavy (non-hydrogen) atoms. The number of hydrogen-bond acceptors (Lipinski definition) is 4. The fraction of sp³-hybridized carbons (Fsp3) is 0.833. The first-order valence-corrected chi connectivity index (χ1v) is 6.70. The third-order valence-electron chi connectivity index (χ3n) is 4.26. The summed E-state index contributed by atoms with van der Waals surface area (Å²) in [5.41, 5.74) is 0. The van der Waals surface area contributed by atoms with Gasteiger partial charge in [0.25, 0.3) is 0 Å². The Morgan fingerprint density at radius 1 is 1.33 bits per heavy atom. The zero-order chi connectivity index (χ0) is 12.7. The average Bonchev–Trinajstić information content (AvgIpc) is 2.66. The number of carbonyl (C=O) groups excluding carboxylic acids is 1. The van der Waals surface area contributed by atoms with Crippen LogP contribution in [0.15, 0.2) is 0 Å². The Hall–Kier alpha value is -1.14. The first kappa shape index (κ1) is 11.9. The van der Waals surface area contributed by atoms with Gasteiger partial charge in [-0.25, -0.2) is 0 Å². The normalized spacial score (nSPS) is 39.3. The first-order valence-electron chi connectivity index (χ1n) is 6.70. The van der Waals surface area contributed by atoms with Crippen LogP contribution in [0.4, 0.5) is 0 Å². The van der Waals surface area contributed by atoms with Gasteiger partial charge in [0.15, 0.2) is 0 Å². The van der Waals surface area contributed by atoms with Gasteiger partial charge in [-0.15, -0.1) is 0 Å². The van der Waals surface area contributed by atoms with Gasteiger partial charge < -0.3 is 10.0 Å². The summed E-state index contributed by atoms with van der Waals surface area (Å²) in [7, 11) is 0. The van der Waals surface area contributed by atoms with E-state index in [1.807, 2.05) is 4.90 Å². The Bertz CT molecular complexity index is 374. The van der Waals surface area contributed by atoms with Crippen LogP contribution < -0.4 is 10.6 Å². The van der Waals surface area contributed by atoms with Gasteiger partial charge in [-0.2, -0.15) is 0 Å². The molecule has 3 rings (SSSR count). The van der Waals surface area contributed by atoms with Crippen LogP contribution in [-0.4, -0.2) is 46.3 Å². The molecule has 100 valence electrons. The van der Waals surface area contributed by atoms with Gasteiger partial charge >= 0.3 is 5.97 Å². The zero-order valence-corrected chi connectivity index (χ0v) is 10.3. The second-order valence-corrected chi connectivity index (χ2v) is 5.49. The highest BCUT2D eigenvalue weighted by Gasteiger charge is 2.47. The smallest absolute Gasteiger partial charge is 0.304 e. The monoisotopic (exact) mass is 253 g/mol. The molecule has 3 N–H and O–H groups in total. The number of nitrogens with zero attached hydrogens (tertiary/aromatic N) is 1. The second-order valence-electron chi connectivity index (χ2n) is 5.49. The Morgan fingerprint density at radius 3 is 2.89 bits per heavy atom. The van der Waals surface area contributed by atoms with E-state index in [1.165, 1.54) is 12.8 Å². The highest BCUT2D eigenvalue weighted by Crippen LogP contribution is 2.31. The van der Waals surface area contributed by atoms with Crippen molar-refractivity contribution in [2.75, 3.05) is 0 Å². The van der Waals surface area contributed by atoms with E-state index in [0.29, 0.717) is 18.5 Å². The highest BCUT2D eigenvalue weighted by molar-refractivity contribution is 5.80. The van der Waals surface area contributed by atoms with E-state index in [9.17, 15) is 9.59 Å². The largest absolute Gasteiger partial charge is 0.481 e. The van der Waals surface area contributed by atoms with Crippen LogP contribution in [0.2, 0.25) is 0 Å². The number of rotatable bonds is 2. The van der Waals surface area contributed by atoms with Crippen LogP contribution in [0.5, 0.6) is 0 Å². The minimum atomic E-state index is -0.857. The van der Waals surface area contributed by atoms with E-state index in [4.69, 9.17) is 5.11 Å². The molecule has 4 unspecified atom stereocenters. The molecule has 0 aromatic heterocycles. The van der Waals surface area contributed by atoms with E-state index in [0.717, 1.165) is 12.8 Å². The summed E-state index contributed by atoms with van der Waals surface area (Å²) >= 11 is 0. The maximum atomic E-state index is 12.2. The molecule has 0 bridgehead atoms. The number of fused-ring (bicyclic) bond motifs is 3. The molecule has 0 radical (unpaired) electrons. The number of carbonyl (C=O) groups is 2. The fourth-order valence-corrected chi connectivity index (χ4v) is 3.51. The van der Waals surface area contributed by atoms with Crippen molar-refractivity contribution in [2.45, 2.75) is 62.9 Å². The Balaban J connectivity index is 1.72. The molecule has 0 aromatic rings. The maximum absolute atomic E-state index is 12.2. The molecule has 6 heteroatoms. The first-order chi connectivity index (χ1) is 8.65. The van der Waals surface area contributed by atoms with Gasteiger partial charge in [-0.3, -0.25) is 20.2 Å². The number of nitrogens with one attached hydrogen (secondary N) is 2. The lowest BCUT2D eigenvalue weighted by molar-refractivity contribution is -0.142. The molecular formula is C12H19N3O3. The molecule has 2 saturated heterocycles. The van der Waals surface area contributed by atoms with Crippen molar-refractivity contribution >= 4 is 11.9 Å². The van der Waals surface area contributed by atoms with Crippen molar-refractivity contribution in [3.05, 3.63) is 0 Å². The molecule has 3 fully saturated rings. The summed E-state index contributed by atoms with van der Waals surface area (Å²) in [6.07, 6.45) is 4.70. The molecule has 2 aliphatic heterocycles. The molecule has 1 saturated carbocycles. The van der Waals surface area contributed by atoms with Crippen molar-refractivity contribution < 1.29 is 14.7 Å². The van der Waals surface area contributed by atoms with Gasteiger partial charge in [0, 0.05) is 24.5 Å². The van der Waals surface area contributed by atoms with Crippen LogP contribution in [-0.2, 0) is 9.59 Å². The summed E-state index contributed by atoms with van der Waals surface area (Å²) in [6.45, 7) is 0. The lowest BCUT2D eigenvalue weighted by Gasteiger charge is -2.38. The average molecular weight is 253 g/mol. The Labute approximate surface area is 106 Å². The molecule has 6 nitrogen and oxygen atoms in total. The number of carboxylic acid groups (broad SMARTS) is 1. The van der Waals surface area contributed by atoms with Gasteiger partial charge in [0.2, 0.25) is 5.91 Å². The van der Waals surface area contributed by atoms with Crippen LogP contribution in [0.25, 0.3) is 0 Å². The predicted molar refractivity (Wildman–Crippen MR) is 63.6 cm³/mol. The summed E-state index contributed by atoms with van der Waals surface area (Å²) < 4.78 is 0. The van der Waals surface area contributed by atoms with E-state index in [2.05, 4.69) is 10.6 Å². The summed E-state index contributed by atoms with van der Waals surface area (Å²) in [4.78, 5) is 24.8. The van der Waals surface area contributed by atoms with Gasteiger partial charge in [0.1, 0.15) is 6.29 Å². The zero-order valence-electron chi connectivity index (χ0n) is 10.3. The van der Waals surface area contributed by atoms with Gasteiger partial charge in [-0.05, 0) is 12.8 Å². The maximum Gasteiger partial charge on any atom is 0.304 e. The molecule has 0 spiro atoms.